The molecule has 0 aromatic heterocycles. The maximum atomic E-state index is 12.1. The van der Waals surface area contributed by atoms with Gasteiger partial charge >= 0.3 is 0 Å². The minimum absolute atomic E-state index is 0.116. The lowest BCUT2D eigenvalue weighted by Crippen LogP contribution is -2.24. The number of carbonyl (C=O) groups excluding carboxylic acids is 1. The summed E-state index contributed by atoms with van der Waals surface area (Å²) in [5.41, 5.74) is 1.55. The van der Waals surface area contributed by atoms with Gasteiger partial charge in [0.25, 0.3) is 5.91 Å². The van der Waals surface area contributed by atoms with Gasteiger partial charge in [0, 0.05) is 19.3 Å². The third kappa shape index (κ3) is 5.31. The van der Waals surface area contributed by atoms with Gasteiger partial charge in [-0.3, -0.25) is 4.79 Å². The van der Waals surface area contributed by atoms with Crippen LogP contribution in [-0.4, -0.2) is 38.5 Å². The number of benzene rings is 3. The fourth-order valence-electron chi connectivity index (χ4n) is 2.68. The number of sulfonamides is 1. The Morgan fingerprint density at radius 1 is 1.00 bits per heavy atom. The van der Waals surface area contributed by atoms with Crippen molar-refractivity contribution in [1.29, 1.82) is 0 Å². The van der Waals surface area contributed by atoms with Gasteiger partial charge in [-0.25, -0.2) is 12.7 Å². The summed E-state index contributed by atoms with van der Waals surface area (Å²) in [6.07, 6.45) is 1.17. The second-order valence-corrected chi connectivity index (χ2v) is 8.65. The summed E-state index contributed by atoms with van der Waals surface area (Å²) < 4.78 is 29.7. The maximum Gasteiger partial charge on any atom is 0.262 e. The first-order chi connectivity index (χ1) is 13.3. The molecule has 0 fully saturated rings. The second kappa shape index (κ2) is 8.41. The van der Waals surface area contributed by atoms with E-state index >= 15 is 0 Å². The molecule has 0 unspecified atom stereocenters. The lowest BCUT2D eigenvalue weighted by Gasteiger charge is -2.14. The van der Waals surface area contributed by atoms with E-state index in [-0.39, 0.29) is 19.1 Å². The molecule has 3 aromatic carbocycles. The van der Waals surface area contributed by atoms with Crippen molar-refractivity contribution in [3.63, 3.8) is 0 Å². The van der Waals surface area contributed by atoms with Crippen LogP contribution in [0.5, 0.6) is 5.75 Å². The summed E-state index contributed by atoms with van der Waals surface area (Å²) in [5, 5.41) is 4.98. The van der Waals surface area contributed by atoms with Gasteiger partial charge < -0.3 is 10.1 Å². The Bertz CT molecular complexity index is 1080. The number of fused-ring (bicyclic) bond motifs is 1. The normalized spacial score (nSPS) is 11.5. The molecule has 0 spiro atoms. The van der Waals surface area contributed by atoms with Crippen molar-refractivity contribution >= 4 is 32.4 Å². The van der Waals surface area contributed by atoms with Crippen molar-refractivity contribution in [1.82, 2.24) is 4.31 Å². The monoisotopic (exact) mass is 398 g/mol. The zero-order valence-corrected chi connectivity index (χ0v) is 16.6. The van der Waals surface area contributed by atoms with Crippen molar-refractivity contribution in [2.24, 2.45) is 0 Å². The van der Waals surface area contributed by atoms with Crippen LogP contribution in [0.25, 0.3) is 10.8 Å². The number of anilines is 1. The maximum absolute atomic E-state index is 12.1. The first-order valence-electron chi connectivity index (χ1n) is 8.73. The molecule has 6 nitrogen and oxygen atoms in total. The highest BCUT2D eigenvalue weighted by atomic mass is 32.2. The van der Waals surface area contributed by atoms with Gasteiger partial charge in [-0.15, -0.1) is 0 Å². The zero-order chi connectivity index (χ0) is 20.1. The van der Waals surface area contributed by atoms with Gasteiger partial charge in [-0.2, -0.15) is 0 Å². The quantitative estimate of drug-likeness (QED) is 0.663. The Hall–Kier alpha value is -2.90. The van der Waals surface area contributed by atoms with E-state index in [0.29, 0.717) is 11.4 Å². The molecule has 0 saturated heterocycles. The molecule has 146 valence electrons. The van der Waals surface area contributed by atoms with Gasteiger partial charge in [0.1, 0.15) is 5.75 Å². The van der Waals surface area contributed by atoms with Crippen molar-refractivity contribution in [2.45, 2.75) is 6.54 Å². The summed E-state index contributed by atoms with van der Waals surface area (Å²) in [5.74, 6) is 0.288. The third-order valence-corrected chi connectivity index (χ3v) is 5.56. The fraction of sp³-hybridized carbons (Fsp3) is 0.190. The van der Waals surface area contributed by atoms with Crippen LogP contribution in [-0.2, 0) is 21.4 Å². The SMILES string of the molecule is CN(Cc1ccc(OCC(=O)Nc2ccc3ccccc3c2)cc1)S(C)(=O)=O. The van der Waals surface area contributed by atoms with Gasteiger partial charge in [0.05, 0.1) is 6.26 Å². The number of ether oxygens (including phenoxy) is 1. The second-order valence-electron chi connectivity index (χ2n) is 6.56. The van der Waals surface area contributed by atoms with Crippen LogP contribution in [0.4, 0.5) is 5.69 Å². The van der Waals surface area contributed by atoms with Gasteiger partial charge in [-0.1, -0.05) is 42.5 Å². The number of carbonyl (C=O) groups is 1. The van der Waals surface area contributed by atoms with E-state index in [4.69, 9.17) is 4.74 Å². The highest BCUT2D eigenvalue weighted by Gasteiger charge is 2.11. The number of amides is 1. The zero-order valence-electron chi connectivity index (χ0n) is 15.8. The molecule has 0 bridgehead atoms. The molecule has 28 heavy (non-hydrogen) atoms. The van der Waals surface area contributed by atoms with Crippen molar-refractivity contribution in [2.75, 3.05) is 25.2 Å². The van der Waals surface area contributed by atoms with Crippen LogP contribution in [0.3, 0.4) is 0 Å². The number of rotatable bonds is 7. The average molecular weight is 398 g/mol. The molecule has 7 heteroatoms. The Balaban J connectivity index is 1.53. The molecule has 3 aromatic rings. The highest BCUT2D eigenvalue weighted by Crippen LogP contribution is 2.19. The van der Waals surface area contributed by atoms with Gasteiger partial charge in [0.15, 0.2) is 6.61 Å². The summed E-state index contributed by atoms with van der Waals surface area (Å²) in [4.78, 5) is 12.1. The molecule has 0 radical (unpaired) electrons. The lowest BCUT2D eigenvalue weighted by atomic mass is 10.1. The molecular formula is C21H22N2O4S. The predicted octanol–water partition coefficient (Wildman–Crippen LogP) is 3.25. The summed E-state index contributed by atoms with van der Waals surface area (Å²) >= 11 is 0. The van der Waals surface area contributed by atoms with Crippen molar-refractivity contribution in [3.05, 3.63) is 72.3 Å². The average Bonchev–Trinajstić information content (AvgIpc) is 2.66. The molecule has 1 amide bonds. The molecule has 1 N–H and O–H groups in total. The third-order valence-electron chi connectivity index (χ3n) is 4.30. The van der Waals surface area contributed by atoms with E-state index in [0.717, 1.165) is 16.3 Å². The van der Waals surface area contributed by atoms with E-state index in [1.54, 1.807) is 24.3 Å². The molecule has 3 rings (SSSR count). The fourth-order valence-corrected chi connectivity index (χ4v) is 3.06. The minimum atomic E-state index is -3.23. The van der Waals surface area contributed by atoms with Gasteiger partial charge in [-0.05, 0) is 40.6 Å². The van der Waals surface area contributed by atoms with Crippen LogP contribution in [0, 0.1) is 0 Å². The van der Waals surface area contributed by atoms with E-state index < -0.39 is 10.0 Å². The first-order valence-corrected chi connectivity index (χ1v) is 10.6. The largest absolute Gasteiger partial charge is 0.484 e. The van der Waals surface area contributed by atoms with Gasteiger partial charge in [0.2, 0.25) is 10.0 Å². The smallest absolute Gasteiger partial charge is 0.262 e. The number of nitrogens with one attached hydrogen (secondary N) is 1. The minimum Gasteiger partial charge on any atom is -0.484 e. The van der Waals surface area contributed by atoms with E-state index in [2.05, 4.69) is 5.32 Å². The molecule has 0 saturated carbocycles. The number of hydrogen-bond acceptors (Lipinski definition) is 4. The topological polar surface area (TPSA) is 75.7 Å². The predicted molar refractivity (Wildman–Crippen MR) is 111 cm³/mol. The summed E-state index contributed by atoms with van der Waals surface area (Å²) in [7, 11) is -1.70. The van der Waals surface area contributed by atoms with Crippen molar-refractivity contribution < 1.29 is 17.9 Å². The molecule has 0 aliphatic heterocycles. The molecule has 0 aliphatic rings. The highest BCUT2D eigenvalue weighted by molar-refractivity contribution is 7.88. The van der Waals surface area contributed by atoms with E-state index in [1.807, 2.05) is 42.5 Å². The van der Waals surface area contributed by atoms with Crippen LogP contribution < -0.4 is 10.1 Å². The Morgan fingerprint density at radius 2 is 1.68 bits per heavy atom. The number of hydrogen-bond donors (Lipinski definition) is 1. The van der Waals surface area contributed by atoms with Crippen LogP contribution >= 0.6 is 0 Å². The van der Waals surface area contributed by atoms with Crippen LogP contribution in [0.2, 0.25) is 0 Å². The Labute approximate surface area is 164 Å². The molecular weight excluding hydrogens is 376 g/mol. The van der Waals surface area contributed by atoms with Crippen LogP contribution in [0.1, 0.15) is 5.56 Å². The lowest BCUT2D eigenvalue weighted by molar-refractivity contribution is -0.118. The van der Waals surface area contributed by atoms with Crippen molar-refractivity contribution in [3.8, 4) is 5.75 Å². The van der Waals surface area contributed by atoms with E-state index in [1.165, 1.54) is 17.6 Å². The summed E-state index contributed by atoms with van der Waals surface area (Å²) in [6, 6.07) is 20.6. The number of nitrogens with zero attached hydrogens (tertiary/aromatic N) is 1. The Kier molecular flexibility index (Phi) is 5.96. The molecule has 0 atom stereocenters. The first kappa shape index (κ1) is 19.9. The summed E-state index contributed by atoms with van der Waals surface area (Å²) in [6.45, 7) is 0.164. The molecule has 0 aliphatic carbocycles. The van der Waals surface area contributed by atoms with Crippen LogP contribution in [0.15, 0.2) is 66.7 Å². The standard InChI is InChI=1S/C21H22N2O4S/c1-23(28(2,25)26)14-16-7-11-20(12-8-16)27-15-21(24)22-19-10-9-17-5-3-4-6-18(17)13-19/h3-13H,14-15H2,1-2H3,(H,22,24). The Morgan fingerprint density at radius 3 is 2.36 bits per heavy atom. The molecule has 0 heterocycles. The van der Waals surface area contributed by atoms with E-state index in [9.17, 15) is 13.2 Å².